The molecule has 4 rings (SSSR count). The number of hydrogen-bond donors (Lipinski definition) is 1. The van der Waals surface area contributed by atoms with Crippen LogP contribution in [-0.4, -0.2) is 18.2 Å². The first-order valence-electron chi connectivity index (χ1n) is 8.69. The molecule has 0 amide bonds. The van der Waals surface area contributed by atoms with Gasteiger partial charge in [0.1, 0.15) is 0 Å². The van der Waals surface area contributed by atoms with Crippen LogP contribution in [0.1, 0.15) is 64.2 Å². The first-order valence-corrected chi connectivity index (χ1v) is 8.69. The molecule has 1 aliphatic heterocycles. The lowest BCUT2D eigenvalue weighted by atomic mass is 9.79. The molecule has 0 aromatic heterocycles. The Labute approximate surface area is 117 Å². The van der Waals surface area contributed by atoms with Crippen molar-refractivity contribution in [3.8, 4) is 0 Å². The molecule has 1 spiro atoms. The fourth-order valence-electron chi connectivity index (χ4n) is 5.69. The number of rotatable bonds is 2. The molecule has 0 aromatic carbocycles. The van der Waals surface area contributed by atoms with Gasteiger partial charge in [0.15, 0.2) is 0 Å². The van der Waals surface area contributed by atoms with E-state index in [2.05, 4.69) is 0 Å². The molecule has 0 radical (unpaired) electrons. The van der Waals surface area contributed by atoms with E-state index in [-0.39, 0.29) is 5.60 Å². The van der Waals surface area contributed by atoms with Crippen molar-refractivity contribution in [1.82, 2.24) is 0 Å². The van der Waals surface area contributed by atoms with Crippen LogP contribution in [0.3, 0.4) is 0 Å². The number of nitrogens with two attached hydrogens (primary N) is 1. The third-order valence-corrected chi connectivity index (χ3v) is 6.76. The maximum atomic E-state index is 6.71. The highest BCUT2D eigenvalue weighted by Crippen LogP contribution is 2.58. The van der Waals surface area contributed by atoms with E-state index in [0.717, 1.165) is 30.3 Å². The Bertz CT molecular complexity index is 324. The minimum atomic E-state index is 0.251. The summed E-state index contributed by atoms with van der Waals surface area (Å²) in [5.41, 5.74) is 6.96. The highest BCUT2D eigenvalue weighted by Gasteiger charge is 2.55. The normalized spacial score (nSPS) is 45.9. The number of ether oxygens (including phenoxy) is 1. The maximum Gasteiger partial charge on any atom is 0.0685 e. The summed E-state index contributed by atoms with van der Waals surface area (Å²) in [5, 5.41) is 0. The third-order valence-electron chi connectivity index (χ3n) is 6.76. The van der Waals surface area contributed by atoms with E-state index in [0.29, 0.717) is 6.04 Å². The summed E-state index contributed by atoms with van der Waals surface area (Å²) in [6, 6.07) is 0.481. The Hall–Kier alpha value is -0.0800. The van der Waals surface area contributed by atoms with E-state index < -0.39 is 0 Å². The van der Waals surface area contributed by atoms with E-state index in [9.17, 15) is 0 Å². The molecule has 1 heterocycles. The van der Waals surface area contributed by atoms with Gasteiger partial charge < -0.3 is 10.5 Å². The second-order valence-electron chi connectivity index (χ2n) is 7.76. The molecule has 2 heteroatoms. The van der Waals surface area contributed by atoms with Crippen LogP contribution in [0.15, 0.2) is 0 Å². The second-order valence-corrected chi connectivity index (χ2v) is 7.76. The number of hydrogen-bond acceptors (Lipinski definition) is 2. The van der Waals surface area contributed by atoms with E-state index in [4.69, 9.17) is 10.5 Å². The molecule has 0 aromatic rings. The fraction of sp³-hybridized carbons (Fsp3) is 1.00. The second kappa shape index (κ2) is 4.73. The molecule has 4 aliphatic rings. The van der Waals surface area contributed by atoms with E-state index >= 15 is 0 Å². The molecular weight excluding hydrogens is 234 g/mol. The van der Waals surface area contributed by atoms with Crippen LogP contribution in [0.25, 0.3) is 0 Å². The Morgan fingerprint density at radius 3 is 2.32 bits per heavy atom. The van der Waals surface area contributed by atoms with Crippen LogP contribution >= 0.6 is 0 Å². The van der Waals surface area contributed by atoms with Crippen LogP contribution in [0.4, 0.5) is 0 Å². The van der Waals surface area contributed by atoms with Gasteiger partial charge in [0.2, 0.25) is 0 Å². The van der Waals surface area contributed by atoms with Crippen molar-refractivity contribution in [2.45, 2.75) is 75.9 Å². The zero-order valence-electron chi connectivity index (χ0n) is 12.2. The van der Waals surface area contributed by atoms with Crippen molar-refractivity contribution >= 4 is 0 Å². The molecule has 4 unspecified atom stereocenters. The van der Waals surface area contributed by atoms with Gasteiger partial charge in [-0.15, -0.1) is 0 Å². The summed E-state index contributed by atoms with van der Waals surface area (Å²) in [7, 11) is 0. The summed E-state index contributed by atoms with van der Waals surface area (Å²) >= 11 is 0. The predicted molar refractivity (Wildman–Crippen MR) is 76.8 cm³/mol. The molecule has 108 valence electrons. The SMILES string of the molecule is NC(C1CCOC2(CCCC2)C1)C1C2CCCCC21. The van der Waals surface area contributed by atoms with Crippen molar-refractivity contribution in [2.75, 3.05) is 6.61 Å². The molecular formula is C17H29NO. The zero-order valence-corrected chi connectivity index (χ0v) is 12.2. The Morgan fingerprint density at radius 2 is 1.63 bits per heavy atom. The molecule has 3 aliphatic carbocycles. The topological polar surface area (TPSA) is 35.2 Å². The monoisotopic (exact) mass is 263 g/mol. The third kappa shape index (κ3) is 2.15. The average molecular weight is 263 g/mol. The summed E-state index contributed by atoms with van der Waals surface area (Å²) in [4.78, 5) is 0. The van der Waals surface area contributed by atoms with Crippen molar-refractivity contribution < 1.29 is 4.74 Å². The maximum absolute atomic E-state index is 6.71. The van der Waals surface area contributed by atoms with Crippen LogP contribution in [0, 0.1) is 23.7 Å². The molecule has 2 nitrogen and oxygen atoms in total. The lowest BCUT2D eigenvalue weighted by Gasteiger charge is -2.40. The highest BCUT2D eigenvalue weighted by atomic mass is 16.5. The lowest BCUT2D eigenvalue weighted by molar-refractivity contribution is -0.0974. The van der Waals surface area contributed by atoms with E-state index in [1.807, 2.05) is 0 Å². The highest BCUT2D eigenvalue weighted by molar-refractivity contribution is 5.06. The summed E-state index contributed by atoms with van der Waals surface area (Å²) < 4.78 is 6.17. The van der Waals surface area contributed by atoms with Crippen molar-refractivity contribution in [3.63, 3.8) is 0 Å². The first-order chi connectivity index (χ1) is 9.29. The van der Waals surface area contributed by atoms with E-state index in [1.165, 1.54) is 64.2 Å². The van der Waals surface area contributed by atoms with Crippen LogP contribution in [-0.2, 0) is 4.74 Å². The molecule has 0 bridgehead atoms. The molecule has 3 saturated carbocycles. The van der Waals surface area contributed by atoms with Crippen molar-refractivity contribution in [3.05, 3.63) is 0 Å². The Morgan fingerprint density at radius 1 is 0.947 bits per heavy atom. The standard InChI is InChI=1S/C17H29NO/c18-16(15-13-5-1-2-6-14(13)15)12-7-10-19-17(11-12)8-3-4-9-17/h12-16H,1-11,18H2. The molecule has 2 N–H and O–H groups in total. The van der Waals surface area contributed by atoms with Gasteiger partial charge in [-0.1, -0.05) is 25.7 Å². The molecule has 4 fully saturated rings. The van der Waals surface area contributed by atoms with E-state index in [1.54, 1.807) is 0 Å². The van der Waals surface area contributed by atoms with Gasteiger partial charge in [0.05, 0.1) is 5.60 Å². The van der Waals surface area contributed by atoms with Crippen LogP contribution < -0.4 is 5.73 Å². The number of fused-ring (bicyclic) bond motifs is 1. The van der Waals surface area contributed by atoms with Crippen LogP contribution in [0.5, 0.6) is 0 Å². The minimum absolute atomic E-state index is 0.251. The molecule has 4 atom stereocenters. The Kier molecular flexibility index (Phi) is 3.15. The predicted octanol–water partition coefficient (Wildman–Crippen LogP) is 3.49. The fourth-order valence-corrected chi connectivity index (χ4v) is 5.69. The summed E-state index contributed by atoms with van der Waals surface area (Å²) in [6.45, 7) is 0.973. The minimum Gasteiger partial charge on any atom is -0.375 e. The largest absolute Gasteiger partial charge is 0.375 e. The van der Waals surface area contributed by atoms with Gasteiger partial charge in [-0.2, -0.15) is 0 Å². The van der Waals surface area contributed by atoms with Gasteiger partial charge in [-0.25, -0.2) is 0 Å². The molecule has 19 heavy (non-hydrogen) atoms. The van der Waals surface area contributed by atoms with Gasteiger partial charge in [0, 0.05) is 12.6 Å². The lowest BCUT2D eigenvalue weighted by Crippen LogP contribution is -2.45. The Balaban J connectivity index is 1.41. The average Bonchev–Trinajstić information content (AvgIpc) is 3.02. The summed E-state index contributed by atoms with van der Waals surface area (Å²) in [6.07, 6.45) is 13.7. The quantitative estimate of drug-likeness (QED) is 0.827. The molecule has 1 saturated heterocycles. The summed E-state index contributed by atoms with van der Waals surface area (Å²) in [5.74, 6) is 3.64. The van der Waals surface area contributed by atoms with Gasteiger partial charge >= 0.3 is 0 Å². The first kappa shape index (κ1) is 12.6. The van der Waals surface area contributed by atoms with Gasteiger partial charge in [-0.05, 0) is 62.2 Å². The smallest absolute Gasteiger partial charge is 0.0685 e. The van der Waals surface area contributed by atoms with Gasteiger partial charge in [0.25, 0.3) is 0 Å². The van der Waals surface area contributed by atoms with Gasteiger partial charge in [-0.3, -0.25) is 0 Å². The van der Waals surface area contributed by atoms with Crippen LogP contribution in [0.2, 0.25) is 0 Å². The van der Waals surface area contributed by atoms with Crippen molar-refractivity contribution in [2.24, 2.45) is 29.4 Å². The zero-order chi connectivity index (χ0) is 12.9. The van der Waals surface area contributed by atoms with Crippen molar-refractivity contribution in [1.29, 1.82) is 0 Å².